The van der Waals surface area contributed by atoms with Crippen LogP contribution >= 0.6 is 0 Å². The van der Waals surface area contributed by atoms with Gasteiger partial charge in [-0.3, -0.25) is 19.6 Å². The summed E-state index contributed by atoms with van der Waals surface area (Å²) in [6, 6.07) is 5.48. The number of aromatic nitrogens is 2. The third-order valence-corrected chi connectivity index (χ3v) is 3.54. The summed E-state index contributed by atoms with van der Waals surface area (Å²) in [6.07, 6.45) is 1.55. The lowest BCUT2D eigenvalue weighted by Gasteiger charge is -2.04. The van der Waals surface area contributed by atoms with Crippen molar-refractivity contribution in [2.75, 3.05) is 6.61 Å². The number of hydrogen-bond donors (Lipinski definition) is 1. The van der Waals surface area contributed by atoms with Gasteiger partial charge in [-0.25, -0.2) is 5.43 Å². The Labute approximate surface area is 144 Å². The monoisotopic (exact) mass is 345 g/mol. The fourth-order valence-corrected chi connectivity index (χ4v) is 2.22. The zero-order chi connectivity index (χ0) is 18.4. The van der Waals surface area contributed by atoms with Gasteiger partial charge in [-0.15, -0.1) is 0 Å². The zero-order valence-corrected chi connectivity index (χ0v) is 14.2. The Morgan fingerprint density at radius 2 is 2.08 bits per heavy atom. The molecule has 9 nitrogen and oxygen atoms in total. The maximum Gasteiger partial charge on any atom is 0.277 e. The van der Waals surface area contributed by atoms with Crippen LogP contribution in [0.25, 0.3) is 0 Å². The van der Waals surface area contributed by atoms with E-state index in [1.165, 1.54) is 24.3 Å². The molecule has 25 heavy (non-hydrogen) atoms. The molecule has 0 spiro atoms. The van der Waals surface area contributed by atoms with Crippen molar-refractivity contribution in [2.24, 2.45) is 5.10 Å². The molecule has 2 rings (SSSR count). The highest BCUT2D eigenvalue weighted by Gasteiger charge is 2.09. The molecule has 9 heteroatoms. The van der Waals surface area contributed by atoms with Gasteiger partial charge in [-0.05, 0) is 32.9 Å². The average molecular weight is 345 g/mol. The minimum absolute atomic E-state index is 0.0419. The number of carbonyl (C=O) groups is 1. The van der Waals surface area contributed by atoms with Gasteiger partial charge in [0, 0.05) is 29.9 Å². The smallest absolute Gasteiger partial charge is 0.277 e. The number of aryl methyl sites for hydroxylation is 2. The first-order valence-corrected chi connectivity index (χ1v) is 7.65. The van der Waals surface area contributed by atoms with Crippen molar-refractivity contribution >= 4 is 17.8 Å². The second-order valence-electron chi connectivity index (χ2n) is 5.23. The molecule has 132 valence electrons. The van der Waals surface area contributed by atoms with Crippen molar-refractivity contribution in [3.8, 4) is 5.75 Å². The molecule has 0 atom stereocenters. The predicted molar refractivity (Wildman–Crippen MR) is 91.7 cm³/mol. The van der Waals surface area contributed by atoms with E-state index in [2.05, 4.69) is 15.6 Å². The van der Waals surface area contributed by atoms with Crippen LogP contribution < -0.4 is 10.2 Å². The van der Waals surface area contributed by atoms with Crippen LogP contribution in [0.2, 0.25) is 0 Å². The van der Waals surface area contributed by atoms with Gasteiger partial charge in [0.25, 0.3) is 11.6 Å². The van der Waals surface area contributed by atoms with Gasteiger partial charge in [0.2, 0.25) is 0 Å². The molecule has 0 radical (unpaired) electrons. The van der Waals surface area contributed by atoms with Gasteiger partial charge in [0.05, 0.1) is 16.8 Å². The molecule has 0 bridgehead atoms. The standard InChI is InChI=1S/C16H19N5O4/c1-4-20-12(3)15(11(2)19-20)9-17-18-16(22)10-25-14-7-5-13(6-8-14)21(23)24/h5-9H,4,10H2,1-3H3,(H,18,22)/b17-9-. The lowest BCUT2D eigenvalue weighted by molar-refractivity contribution is -0.384. The Balaban J connectivity index is 1.86. The Morgan fingerprint density at radius 3 is 2.64 bits per heavy atom. The van der Waals surface area contributed by atoms with E-state index in [-0.39, 0.29) is 12.3 Å². The molecule has 1 aromatic heterocycles. The molecule has 1 amide bonds. The van der Waals surface area contributed by atoms with Crippen LogP contribution in [-0.2, 0) is 11.3 Å². The number of nitrogens with one attached hydrogen (secondary N) is 1. The second-order valence-corrected chi connectivity index (χ2v) is 5.23. The van der Waals surface area contributed by atoms with Crippen molar-refractivity contribution in [1.82, 2.24) is 15.2 Å². The van der Waals surface area contributed by atoms with Crippen LogP contribution in [0.1, 0.15) is 23.9 Å². The van der Waals surface area contributed by atoms with Crippen molar-refractivity contribution in [3.05, 3.63) is 51.3 Å². The van der Waals surface area contributed by atoms with Crippen LogP contribution in [-0.4, -0.2) is 33.4 Å². The number of nitro benzene ring substituents is 1. The molecule has 0 saturated carbocycles. The van der Waals surface area contributed by atoms with E-state index in [0.717, 1.165) is 23.5 Å². The maximum atomic E-state index is 11.7. The third kappa shape index (κ3) is 4.63. The Bertz CT molecular complexity index is 796. The number of amides is 1. The van der Waals surface area contributed by atoms with Crippen LogP contribution in [0, 0.1) is 24.0 Å². The van der Waals surface area contributed by atoms with Gasteiger partial charge in [0.1, 0.15) is 5.75 Å². The largest absolute Gasteiger partial charge is 0.484 e. The number of nitro groups is 1. The van der Waals surface area contributed by atoms with Crippen molar-refractivity contribution in [3.63, 3.8) is 0 Å². The van der Waals surface area contributed by atoms with Crippen LogP contribution in [0.4, 0.5) is 5.69 Å². The summed E-state index contributed by atoms with van der Waals surface area (Å²) in [7, 11) is 0. The van der Waals surface area contributed by atoms with E-state index < -0.39 is 10.8 Å². The van der Waals surface area contributed by atoms with E-state index in [1.807, 2.05) is 25.5 Å². The molecule has 0 saturated heterocycles. The van der Waals surface area contributed by atoms with Crippen molar-refractivity contribution in [2.45, 2.75) is 27.3 Å². The molecule has 0 fully saturated rings. The molecule has 0 unspecified atom stereocenters. The molecule has 0 aliphatic carbocycles. The zero-order valence-electron chi connectivity index (χ0n) is 14.2. The highest BCUT2D eigenvalue weighted by molar-refractivity contribution is 5.84. The quantitative estimate of drug-likeness (QED) is 0.468. The highest BCUT2D eigenvalue weighted by Crippen LogP contribution is 2.17. The highest BCUT2D eigenvalue weighted by atomic mass is 16.6. The number of nitrogens with zero attached hydrogens (tertiary/aromatic N) is 4. The second kappa shape index (κ2) is 8.04. The number of benzene rings is 1. The predicted octanol–water partition coefficient (Wildman–Crippen LogP) is 1.96. The normalized spacial score (nSPS) is 10.8. The minimum atomic E-state index is -0.504. The summed E-state index contributed by atoms with van der Waals surface area (Å²) in [6.45, 7) is 6.32. The van der Waals surface area contributed by atoms with Crippen molar-refractivity contribution in [1.29, 1.82) is 0 Å². The first-order chi connectivity index (χ1) is 11.9. The van der Waals surface area contributed by atoms with Gasteiger partial charge < -0.3 is 4.74 Å². The van der Waals surface area contributed by atoms with E-state index in [0.29, 0.717) is 5.75 Å². The molecule has 2 aromatic rings. The van der Waals surface area contributed by atoms with E-state index in [9.17, 15) is 14.9 Å². The van der Waals surface area contributed by atoms with Crippen LogP contribution in [0.5, 0.6) is 5.75 Å². The fourth-order valence-electron chi connectivity index (χ4n) is 2.22. The summed E-state index contributed by atoms with van der Waals surface area (Å²) in [5, 5.41) is 18.8. The lowest BCUT2D eigenvalue weighted by atomic mass is 10.2. The molecule has 0 aliphatic heterocycles. The Morgan fingerprint density at radius 1 is 1.40 bits per heavy atom. The van der Waals surface area contributed by atoms with Crippen LogP contribution in [0.3, 0.4) is 0 Å². The Kier molecular flexibility index (Phi) is 5.83. The van der Waals surface area contributed by atoms with E-state index in [4.69, 9.17) is 4.74 Å². The molecule has 0 aliphatic rings. The van der Waals surface area contributed by atoms with E-state index in [1.54, 1.807) is 6.21 Å². The summed E-state index contributed by atoms with van der Waals surface area (Å²) >= 11 is 0. The van der Waals surface area contributed by atoms with Gasteiger partial charge in [0.15, 0.2) is 6.61 Å². The molecule has 1 heterocycles. The number of non-ortho nitro benzene ring substituents is 1. The van der Waals surface area contributed by atoms with Crippen LogP contribution in [0.15, 0.2) is 29.4 Å². The molecular formula is C16H19N5O4. The summed E-state index contributed by atoms with van der Waals surface area (Å²) in [5.74, 6) is -0.0755. The molecule has 1 N–H and O–H groups in total. The fraction of sp³-hybridized carbons (Fsp3) is 0.312. The topological polar surface area (TPSA) is 112 Å². The molecule has 1 aromatic carbocycles. The summed E-state index contributed by atoms with van der Waals surface area (Å²) in [4.78, 5) is 21.8. The number of rotatable bonds is 7. The van der Waals surface area contributed by atoms with Gasteiger partial charge >= 0.3 is 0 Å². The summed E-state index contributed by atoms with van der Waals surface area (Å²) < 4.78 is 7.11. The number of carbonyl (C=O) groups excluding carboxylic acids is 1. The molecular weight excluding hydrogens is 326 g/mol. The van der Waals surface area contributed by atoms with Crippen molar-refractivity contribution < 1.29 is 14.5 Å². The first kappa shape index (κ1) is 18.1. The third-order valence-electron chi connectivity index (χ3n) is 3.54. The van der Waals surface area contributed by atoms with Gasteiger partial charge in [-0.2, -0.15) is 10.2 Å². The van der Waals surface area contributed by atoms with Gasteiger partial charge in [-0.1, -0.05) is 0 Å². The number of hydrazone groups is 1. The minimum Gasteiger partial charge on any atom is -0.484 e. The SMILES string of the molecule is CCn1nc(C)c(/C=N\NC(=O)COc2ccc([N+](=O)[O-])cc2)c1C. The first-order valence-electron chi connectivity index (χ1n) is 7.65. The number of hydrogen-bond acceptors (Lipinski definition) is 6. The number of ether oxygens (including phenoxy) is 1. The lowest BCUT2D eigenvalue weighted by Crippen LogP contribution is -2.24. The average Bonchev–Trinajstić information content (AvgIpc) is 2.87. The van der Waals surface area contributed by atoms with E-state index >= 15 is 0 Å². The summed E-state index contributed by atoms with van der Waals surface area (Å²) in [5.41, 5.74) is 5.00. The maximum absolute atomic E-state index is 11.7. The Hall–Kier alpha value is -3.23.